The lowest BCUT2D eigenvalue weighted by molar-refractivity contribution is -0.123. The number of aromatic nitrogens is 3. The fraction of sp³-hybridized carbons (Fsp3) is 0.438. The first-order valence-electron chi connectivity index (χ1n) is 8.33. The van der Waals surface area contributed by atoms with Gasteiger partial charge >= 0.3 is 0 Å². The summed E-state index contributed by atoms with van der Waals surface area (Å²) in [4.78, 5) is 12.7. The number of sulfonamides is 1. The maximum Gasteiger partial charge on any atom is 0.241 e. The highest BCUT2D eigenvalue weighted by Gasteiger charge is 2.33. The molecule has 2 aliphatic rings. The lowest BCUT2D eigenvalue weighted by Gasteiger charge is -2.25. The van der Waals surface area contributed by atoms with Crippen LogP contribution >= 0.6 is 0 Å². The van der Waals surface area contributed by atoms with E-state index in [4.69, 9.17) is 0 Å². The molecule has 3 heterocycles. The van der Waals surface area contributed by atoms with Gasteiger partial charge in [0.15, 0.2) is 5.82 Å². The fourth-order valence-corrected chi connectivity index (χ4v) is 4.83. The lowest BCUT2D eigenvalue weighted by atomic mass is 10.1. The second-order valence-electron chi connectivity index (χ2n) is 6.34. The average molecular weight is 361 g/mol. The van der Waals surface area contributed by atoms with Gasteiger partial charge in [0.1, 0.15) is 11.9 Å². The van der Waals surface area contributed by atoms with Crippen LogP contribution in [-0.4, -0.2) is 35.1 Å². The summed E-state index contributed by atoms with van der Waals surface area (Å²) in [5, 5.41) is 11.1. The normalized spacial score (nSPS) is 21.2. The third-order valence-electron chi connectivity index (χ3n) is 4.66. The number of rotatable bonds is 3. The van der Waals surface area contributed by atoms with E-state index in [1.165, 1.54) is 0 Å². The summed E-state index contributed by atoms with van der Waals surface area (Å²) in [7, 11) is -3.67. The molecule has 0 bridgehead atoms. The third-order valence-corrected chi connectivity index (χ3v) is 6.23. The molecule has 0 fully saturated rings. The van der Waals surface area contributed by atoms with Crippen molar-refractivity contribution in [2.24, 2.45) is 0 Å². The maximum absolute atomic E-state index is 12.5. The van der Waals surface area contributed by atoms with E-state index in [9.17, 15) is 13.2 Å². The van der Waals surface area contributed by atoms with Crippen LogP contribution in [0.1, 0.15) is 30.1 Å². The molecule has 0 radical (unpaired) electrons. The van der Waals surface area contributed by atoms with E-state index in [0.717, 1.165) is 31.6 Å². The van der Waals surface area contributed by atoms with Gasteiger partial charge in [0.05, 0.1) is 11.4 Å². The number of nitrogens with one attached hydrogen (secondary N) is 2. The Morgan fingerprint density at radius 1 is 1.28 bits per heavy atom. The molecule has 25 heavy (non-hydrogen) atoms. The first-order valence-corrected chi connectivity index (χ1v) is 9.82. The van der Waals surface area contributed by atoms with Crippen molar-refractivity contribution in [2.45, 2.75) is 49.7 Å². The molecule has 2 N–H and O–H groups in total. The van der Waals surface area contributed by atoms with E-state index < -0.39 is 16.1 Å². The number of carbonyl (C=O) groups is 1. The summed E-state index contributed by atoms with van der Waals surface area (Å²) in [5.74, 6) is 1.30. The van der Waals surface area contributed by atoms with Gasteiger partial charge in [-0.1, -0.05) is 18.2 Å². The smallest absolute Gasteiger partial charge is 0.241 e. The van der Waals surface area contributed by atoms with Crippen LogP contribution < -0.4 is 10.0 Å². The number of benzene rings is 1. The molecule has 1 amide bonds. The molecule has 1 aromatic heterocycles. The number of nitrogens with zero attached hydrogens (tertiary/aromatic N) is 3. The van der Waals surface area contributed by atoms with Crippen molar-refractivity contribution in [3.05, 3.63) is 41.5 Å². The van der Waals surface area contributed by atoms with Gasteiger partial charge in [-0.2, -0.15) is 4.72 Å². The van der Waals surface area contributed by atoms with Gasteiger partial charge < -0.3 is 9.88 Å². The Bertz CT molecular complexity index is 922. The van der Waals surface area contributed by atoms with Crippen LogP contribution in [0.25, 0.3) is 0 Å². The van der Waals surface area contributed by atoms with Crippen molar-refractivity contribution < 1.29 is 13.2 Å². The minimum atomic E-state index is -3.67. The highest BCUT2D eigenvalue weighted by molar-refractivity contribution is 7.89. The zero-order valence-corrected chi connectivity index (χ0v) is 14.4. The van der Waals surface area contributed by atoms with Crippen LogP contribution in [0.4, 0.5) is 0 Å². The molecule has 132 valence electrons. The van der Waals surface area contributed by atoms with Gasteiger partial charge in [-0.15, -0.1) is 10.2 Å². The predicted molar refractivity (Wildman–Crippen MR) is 89.1 cm³/mol. The zero-order chi connectivity index (χ0) is 17.4. The molecule has 1 aromatic carbocycles. The number of hydrogen-bond acceptors (Lipinski definition) is 5. The number of hydrogen-bond donors (Lipinski definition) is 2. The van der Waals surface area contributed by atoms with Crippen molar-refractivity contribution in [1.82, 2.24) is 24.8 Å². The van der Waals surface area contributed by atoms with Crippen LogP contribution in [0.3, 0.4) is 0 Å². The standard InChI is InChI=1S/C16H19N5O3S/c22-16(17-10-15-19-18-14-7-3-4-8-21(14)15)12-9-11-5-1-2-6-13(11)25(23,24)20-12/h1-2,5-6,12,20H,3-4,7-10H2,(H,17,22). The second kappa shape index (κ2) is 6.23. The van der Waals surface area contributed by atoms with Crippen LogP contribution in [0, 0.1) is 0 Å². The zero-order valence-electron chi connectivity index (χ0n) is 13.6. The number of aryl methyl sites for hydroxylation is 1. The van der Waals surface area contributed by atoms with E-state index in [1.807, 2.05) is 4.57 Å². The molecule has 9 heteroatoms. The first kappa shape index (κ1) is 16.2. The Labute approximate surface area is 145 Å². The third kappa shape index (κ3) is 3.05. The molecule has 1 atom stereocenters. The summed E-state index contributed by atoms with van der Waals surface area (Å²) in [6.45, 7) is 1.10. The van der Waals surface area contributed by atoms with E-state index >= 15 is 0 Å². The summed E-state index contributed by atoms with van der Waals surface area (Å²) in [6.07, 6.45) is 3.41. The first-order chi connectivity index (χ1) is 12.0. The lowest BCUT2D eigenvalue weighted by Crippen LogP contribution is -2.50. The molecule has 2 aliphatic heterocycles. The molecule has 8 nitrogen and oxygen atoms in total. The van der Waals surface area contributed by atoms with Gasteiger partial charge in [0.2, 0.25) is 15.9 Å². The van der Waals surface area contributed by atoms with E-state index in [1.54, 1.807) is 24.3 Å². The molecule has 0 saturated heterocycles. The summed E-state index contributed by atoms with van der Waals surface area (Å²) >= 11 is 0. The van der Waals surface area contributed by atoms with E-state index in [2.05, 4.69) is 20.2 Å². The monoisotopic (exact) mass is 361 g/mol. The van der Waals surface area contributed by atoms with Crippen LogP contribution in [-0.2, 0) is 40.7 Å². The second-order valence-corrected chi connectivity index (χ2v) is 8.03. The van der Waals surface area contributed by atoms with E-state index in [-0.39, 0.29) is 17.3 Å². The Hall–Kier alpha value is -2.26. The Balaban J connectivity index is 1.47. The molecule has 1 unspecified atom stereocenters. The summed E-state index contributed by atoms with van der Waals surface area (Å²) in [6, 6.07) is 5.92. The highest BCUT2D eigenvalue weighted by atomic mass is 32.2. The molecule has 0 aliphatic carbocycles. The van der Waals surface area contributed by atoms with Crippen LogP contribution in [0.2, 0.25) is 0 Å². The Morgan fingerprint density at radius 3 is 3.00 bits per heavy atom. The highest BCUT2D eigenvalue weighted by Crippen LogP contribution is 2.22. The number of fused-ring (bicyclic) bond motifs is 2. The van der Waals surface area contributed by atoms with Gasteiger partial charge in [0, 0.05) is 13.0 Å². The number of amides is 1. The molecule has 4 rings (SSSR count). The van der Waals surface area contributed by atoms with Gasteiger partial charge in [-0.3, -0.25) is 4.79 Å². The largest absolute Gasteiger partial charge is 0.347 e. The van der Waals surface area contributed by atoms with Crippen molar-refractivity contribution in [3.63, 3.8) is 0 Å². The molecule has 0 spiro atoms. The Kier molecular flexibility index (Phi) is 4.04. The predicted octanol–water partition coefficient (Wildman–Crippen LogP) is 0.134. The van der Waals surface area contributed by atoms with Crippen LogP contribution in [0.15, 0.2) is 29.2 Å². The molecular formula is C16H19N5O3S. The fourth-order valence-electron chi connectivity index (χ4n) is 3.38. The maximum atomic E-state index is 12.5. The van der Waals surface area contributed by atoms with Gasteiger partial charge in [-0.25, -0.2) is 8.42 Å². The molecule has 0 saturated carbocycles. The van der Waals surface area contributed by atoms with Gasteiger partial charge in [0.25, 0.3) is 0 Å². The van der Waals surface area contributed by atoms with Crippen molar-refractivity contribution >= 4 is 15.9 Å². The molecule has 2 aromatic rings. The van der Waals surface area contributed by atoms with Crippen LogP contribution in [0.5, 0.6) is 0 Å². The minimum absolute atomic E-state index is 0.241. The van der Waals surface area contributed by atoms with Crippen molar-refractivity contribution in [1.29, 1.82) is 0 Å². The van der Waals surface area contributed by atoms with Crippen molar-refractivity contribution in [2.75, 3.05) is 0 Å². The molecular weight excluding hydrogens is 342 g/mol. The van der Waals surface area contributed by atoms with E-state index in [0.29, 0.717) is 17.8 Å². The van der Waals surface area contributed by atoms with Gasteiger partial charge in [-0.05, 0) is 30.9 Å². The SMILES string of the molecule is O=C(NCc1nnc2n1CCCC2)C1Cc2ccccc2S(=O)(=O)N1. The Morgan fingerprint density at radius 2 is 2.12 bits per heavy atom. The topological polar surface area (TPSA) is 106 Å². The van der Waals surface area contributed by atoms with Crippen molar-refractivity contribution in [3.8, 4) is 0 Å². The quantitative estimate of drug-likeness (QED) is 0.809. The summed E-state index contributed by atoms with van der Waals surface area (Å²) < 4.78 is 29.1. The summed E-state index contributed by atoms with van der Waals surface area (Å²) in [5.41, 5.74) is 0.654. The number of carbonyl (C=O) groups excluding carboxylic acids is 1. The average Bonchev–Trinajstić information content (AvgIpc) is 3.02. The minimum Gasteiger partial charge on any atom is -0.347 e.